The van der Waals surface area contributed by atoms with Gasteiger partial charge in [0.2, 0.25) is 0 Å². The topological polar surface area (TPSA) is 49.3 Å². The molecule has 1 aliphatic heterocycles. The van der Waals surface area contributed by atoms with Crippen molar-refractivity contribution in [2.75, 3.05) is 13.1 Å². The molecular weight excluding hydrogens is 271 g/mol. The number of aliphatic carboxylic acids is 1. The van der Waals surface area contributed by atoms with E-state index in [0.29, 0.717) is 13.0 Å². The Morgan fingerprint density at radius 2 is 2.05 bits per heavy atom. The van der Waals surface area contributed by atoms with Crippen molar-refractivity contribution < 1.29 is 23.1 Å². The zero-order valence-electron chi connectivity index (χ0n) is 10.8. The molecule has 0 aromatic heterocycles. The number of piperidine rings is 1. The highest BCUT2D eigenvalue weighted by atomic mass is 19.4. The molecule has 1 aromatic rings. The van der Waals surface area contributed by atoms with Gasteiger partial charge in [-0.05, 0) is 43.5 Å². The lowest BCUT2D eigenvalue weighted by Gasteiger charge is -2.29. The van der Waals surface area contributed by atoms with Crippen LogP contribution in [0.15, 0.2) is 24.3 Å². The largest absolute Gasteiger partial charge is 0.481 e. The molecule has 0 saturated carbocycles. The van der Waals surface area contributed by atoms with Gasteiger partial charge in [0, 0.05) is 0 Å². The second-order valence-corrected chi connectivity index (χ2v) is 5.01. The highest BCUT2D eigenvalue weighted by Gasteiger charge is 2.39. The van der Waals surface area contributed by atoms with Crippen molar-refractivity contribution in [2.24, 2.45) is 5.92 Å². The fraction of sp³-hybridized carbons (Fsp3) is 0.500. The third kappa shape index (κ3) is 3.12. The van der Waals surface area contributed by atoms with Crippen LogP contribution in [-0.4, -0.2) is 24.2 Å². The molecule has 1 aliphatic rings. The quantitative estimate of drug-likeness (QED) is 0.898. The molecule has 2 unspecified atom stereocenters. The van der Waals surface area contributed by atoms with Gasteiger partial charge >= 0.3 is 12.1 Å². The van der Waals surface area contributed by atoms with Crippen LogP contribution in [0.1, 0.15) is 29.9 Å². The summed E-state index contributed by atoms with van der Waals surface area (Å²) < 4.78 is 39.1. The number of hydrogen-bond donors (Lipinski definition) is 2. The van der Waals surface area contributed by atoms with Gasteiger partial charge in [-0.2, -0.15) is 13.2 Å². The second kappa shape index (κ2) is 5.83. The predicted molar refractivity (Wildman–Crippen MR) is 67.4 cm³/mol. The maximum absolute atomic E-state index is 13.0. The van der Waals surface area contributed by atoms with E-state index in [0.717, 1.165) is 19.0 Å². The summed E-state index contributed by atoms with van der Waals surface area (Å²) in [4.78, 5) is 11.5. The van der Waals surface area contributed by atoms with E-state index in [1.165, 1.54) is 18.2 Å². The summed E-state index contributed by atoms with van der Waals surface area (Å²) in [5, 5.41) is 12.4. The fourth-order valence-electron chi connectivity index (χ4n) is 2.78. The number of nitrogens with one attached hydrogen (secondary N) is 1. The molecule has 0 bridgehead atoms. The highest BCUT2D eigenvalue weighted by Crippen LogP contribution is 2.39. The van der Waals surface area contributed by atoms with Crippen LogP contribution >= 0.6 is 0 Å². The Bertz CT molecular complexity index is 482. The van der Waals surface area contributed by atoms with Gasteiger partial charge in [-0.1, -0.05) is 18.2 Å². The molecule has 0 radical (unpaired) electrons. The molecule has 0 aliphatic carbocycles. The van der Waals surface area contributed by atoms with E-state index in [4.69, 9.17) is 0 Å². The molecule has 20 heavy (non-hydrogen) atoms. The molecule has 1 aromatic carbocycles. The van der Waals surface area contributed by atoms with Gasteiger partial charge in [0.05, 0.1) is 11.5 Å². The van der Waals surface area contributed by atoms with Crippen LogP contribution in [0.3, 0.4) is 0 Å². The second-order valence-electron chi connectivity index (χ2n) is 5.01. The minimum absolute atomic E-state index is 0.138. The molecule has 2 rings (SSSR count). The molecule has 1 heterocycles. The molecule has 0 amide bonds. The lowest BCUT2D eigenvalue weighted by atomic mass is 9.80. The molecule has 1 saturated heterocycles. The summed E-state index contributed by atoms with van der Waals surface area (Å²) in [6.07, 6.45) is -3.13. The van der Waals surface area contributed by atoms with Gasteiger partial charge in [0.25, 0.3) is 0 Å². The van der Waals surface area contributed by atoms with E-state index < -0.39 is 23.6 Å². The van der Waals surface area contributed by atoms with Crippen molar-refractivity contribution in [3.63, 3.8) is 0 Å². The van der Waals surface area contributed by atoms with Gasteiger partial charge < -0.3 is 10.4 Å². The van der Waals surface area contributed by atoms with Gasteiger partial charge in [0.1, 0.15) is 0 Å². The van der Waals surface area contributed by atoms with Crippen molar-refractivity contribution in [2.45, 2.75) is 24.9 Å². The maximum atomic E-state index is 13.0. The van der Waals surface area contributed by atoms with Gasteiger partial charge in [-0.15, -0.1) is 0 Å². The van der Waals surface area contributed by atoms with Gasteiger partial charge in [-0.25, -0.2) is 0 Å². The standard InChI is InChI=1S/C14H16F3NO2/c15-14(16,17)11-6-2-1-5-10(11)12(13(19)20)9-4-3-7-18-8-9/h1-2,5-6,9,12,18H,3-4,7-8H2,(H,19,20). The lowest BCUT2D eigenvalue weighted by molar-refractivity contribution is -0.142. The van der Waals surface area contributed by atoms with E-state index in [1.54, 1.807) is 0 Å². The number of benzene rings is 1. The third-order valence-corrected chi connectivity index (χ3v) is 3.67. The first-order chi connectivity index (χ1) is 9.41. The summed E-state index contributed by atoms with van der Waals surface area (Å²) in [6, 6.07) is 4.96. The Balaban J connectivity index is 2.42. The highest BCUT2D eigenvalue weighted by molar-refractivity contribution is 5.77. The molecule has 3 nitrogen and oxygen atoms in total. The van der Waals surface area contributed by atoms with Crippen LogP contribution in [0.4, 0.5) is 13.2 Å². The monoisotopic (exact) mass is 287 g/mol. The minimum Gasteiger partial charge on any atom is -0.481 e. The van der Waals surface area contributed by atoms with Crippen LogP contribution in [-0.2, 0) is 11.0 Å². The molecular formula is C14H16F3NO2. The Morgan fingerprint density at radius 3 is 2.60 bits per heavy atom. The van der Waals surface area contributed by atoms with Crippen LogP contribution in [0.2, 0.25) is 0 Å². The van der Waals surface area contributed by atoms with Gasteiger partial charge in [0.15, 0.2) is 0 Å². The molecule has 2 atom stereocenters. The first-order valence-electron chi connectivity index (χ1n) is 6.51. The molecule has 0 spiro atoms. The Labute approximate surface area is 114 Å². The average molecular weight is 287 g/mol. The van der Waals surface area contributed by atoms with Crippen molar-refractivity contribution in [3.8, 4) is 0 Å². The van der Waals surface area contributed by atoms with Crippen LogP contribution in [0.5, 0.6) is 0 Å². The van der Waals surface area contributed by atoms with E-state index >= 15 is 0 Å². The minimum atomic E-state index is -4.54. The Kier molecular flexibility index (Phi) is 4.32. The summed E-state index contributed by atoms with van der Waals surface area (Å²) in [6.45, 7) is 1.22. The third-order valence-electron chi connectivity index (χ3n) is 3.67. The summed E-state index contributed by atoms with van der Waals surface area (Å²) >= 11 is 0. The smallest absolute Gasteiger partial charge is 0.416 e. The normalized spacial score (nSPS) is 21.4. The SMILES string of the molecule is O=C(O)C(c1ccccc1C(F)(F)F)C1CCCNC1. The predicted octanol–water partition coefficient (Wildman–Crippen LogP) is 2.87. The van der Waals surface area contributed by atoms with E-state index in [2.05, 4.69) is 5.32 Å². The van der Waals surface area contributed by atoms with Gasteiger partial charge in [-0.3, -0.25) is 4.79 Å². The zero-order chi connectivity index (χ0) is 14.8. The lowest BCUT2D eigenvalue weighted by Crippen LogP contribution is -2.36. The number of halogens is 3. The number of carboxylic acids is 1. The van der Waals surface area contributed by atoms with Crippen LogP contribution in [0.25, 0.3) is 0 Å². The average Bonchev–Trinajstić information content (AvgIpc) is 2.39. The van der Waals surface area contributed by atoms with Crippen molar-refractivity contribution in [1.82, 2.24) is 5.32 Å². The number of carbonyl (C=O) groups is 1. The number of carboxylic acid groups (broad SMARTS) is 1. The number of alkyl halides is 3. The van der Waals surface area contributed by atoms with Crippen molar-refractivity contribution in [1.29, 1.82) is 0 Å². The zero-order valence-corrected chi connectivity index (χ0v) is 10.8. The van der Waals surface area contributed by atoms with Crippen molar-refractivity contribution in [3.05, 3.63) is 35.4 Å². The number of hydrogen-bond acceptors (Lipinski definition) is 2. The maximum Gasteiger partial charge on any atom is 0.416 e. The fourth-order valence-corrected chi connectivity index (χ4v) is 2.78. The Morgan fingerprint density at radius 1 is 1.35 bits per heavy atom. The van der Waals surface area contributed by atoms with Crippen LogP contribution in [0, 0.1) is 5.92 Å². The molecule has 2 N–H and O–H groups in total. The summed E-state index contributed by atoms with van der Waals surface area (Å²) in [7, 11) is 0. The first-order valence-corrected chi connectivity index (χ1v) is 6.51. The summed E-state index contributed by atoms with van der Waals surface area (Å²) in [5.41, 5.74) is -0.987. The first kappa shape index (κ1) is 14.8. The Hall–Kier alpha value is -1.56. The molecule has 110 valence electrons. The number of rotatable bonds is 3. The molecule has 1 fully saturated rings. The molecule has 6 heteroatoms. The van der Waals surface area contributed by atoms with E-state index in [9.17, 15) is 23.1 Å². The van der Waals surface area contributed by atoms with Crippen LogP contribution < -0.4 is 5.32 Å². The van der Waals surface area contributed by atoms with Crippen molar-refractivity contribution >= 4 is 5.97 Å². The van der Waals surface area contributed by atoms with E-state index in [1.807, 2.05) is 0 Å². The summed E-state index contributed by atoms with van der Waals surface area (Å²) in [5.74, 6) is -2.64. The van der Waals surface area contributed by atoms with E-state index in [-0.39, 0.29) is 11.5 Å².